The average molecular weight is 1280 g/mol. The number of aliphatic hydroxyl groups is 5. The van der Waals surface area contributed by atoms with Crippen LogP contribution in [0.15, 0.2) is 60.8 Å². The number of carbonyl (C=O) groups excluding carboxylic acids is 1. The van der Waals surface area contributed by atoms with Crippen molar-refractivity contribution in [3.05, 3.63) is 60.8 Å². The van der Waals surface area contributed by atoms with Gasteiger partial charge < -0.3 is 40.3 Å². The maximum atomic E-state index is 13.2. The summed E-state index contributed by atoms with van der Waals surface area (Å²) in [6, 6.07) is -0.831. The monoisotopic (exact) mass is 1280 g/mol. The van der Waals surface area contributed by atoms with Crippen LogP contribution in [0, 0.1) is 0 Å². The normalized spacial score (nSPS) is 18.0. The van der Waals surface area contributed by atoms with E-state index >= 15 is 0 Å². The van der Waals surface area contributed by atoms with Gasteiger partial charge in [0.1, 0.15) is 24.4 Å². The number of carbonyl (C=O) groups is 1. The molecule has 9 heteroatoms. The SMILES string of the molecule is CCCCCCC/C=C\C/C=C\CCCCCCCCCCCCCCCCCCCCCCCCCCCC(=O)NC(COC1OC(CO)C(O)C(O)C1O)C(O)/C=C/CC/C=C/CC/C=C/CCCCCCCCCCCCCCCCCCCCCCC. The summed E-state index contributed by atoms with van der Waals surface area (Å²) in [5.74, 6) is -0.184. The van der Waals surface area contributed by atoms with Gasteiger partial charge in [-0.05, 0) is 77.0 Å². The lowest BCUT2D eigenvalue weighted by Crippen LogP contribution is -2.60. The Kier molecular flexibility index (Phi) is 67.5. The molecule has 91 heavy (non-hydrogen) atoms. The molecule has 1 saturated heterocycles. The largest absolute Gasteiger partial charge is 0.394 e. The highest BCUT2D eigenvalue weighted by molar-refractivity contribution is 5.76. The Hall–Kier alpha value is -2.11. The Bertz CT molecular complexity index is 1630. The molecule has 0 aromatic carbocycles. The lowest BCUT2D eigenvalue weighted by molar-refractivity contribution is -0.302. The van der Waals surface area contributed by atoms with Crippen LogP contribution in [0.3, 0.4) is 0 Å². The minimum absolute atomic E-state index is 0.184. The van der Waals surface area contributed by atoms with Crippen molar-refractivity contribution >= 4 is 5.91 Å². The summed E-state index contributed by atoms with van der Waals surface area (Å²) in [4.78, 5) is 13.2. The predicted molar refractivity (Wildman–Crippen MR) is 392 cm³/mol. The molecule has 0 radical (unpaired) electrons. The number of nitrogens with one attached hydrogen (secondary N) is 1. The zero-order valence-corrected chi connectivity index (χ0v) is 60.1. The highest BCUT2D eigenvalue weighted by atomic mass is 16.7. The van der Waals surface area contributed by atoms with Crippen molar-refractivity contribution in [2.75, 3.05) is 13.2 Å². The van der Waals surface area contributed by atoms with Crippen LogP contribution in [-0.2, 0) is 14.3 Å². The number of hydrogen-bond donors (Lipinski definition) is 6. The quantitative estimate of drug-likeness (QED) is 0.0261. The van der Waals surface area contributed by atoms with E-state index in [0.29, 0.717) is 6.42 Å². The van der Waals surface area contributed by atoms with E-state index in [1.807, 2.05) is 6.08 Å². The third-order valence-electron chi connectivity index (χ3n) is 19.0. The van der Waals surface area contributed by atoms with E-state index in [0.717, 1.165) is 51.4 Å². The fraction of sp³-hybridized carbons (Fsp3) is 0.866. The van der Waals surface area contributed by atoms with Crippen LogP contribution >= 0.6 is 0 Å². The predicted octanol–water partition coefficient (Wildman–Crippen LogP) is 22.9. The standard InChI is InChI=1S/C82H153NO8/c1-3-5-7-9-11-13-15-17-19-21-23-25-27-29-31-33-35-36-37-38-39-40-42-44-46-48-50-52-54-56-58-60-62-64-66-68-70-72-78(86)83-75(74-90-82-81(89)80(88)79(87)77(73-84)91-82)76(85)71-69-67-65-63-61-59-57-55-53-51-49-47-45-43-41-34-32-30-28-26-24-22-20-18-16-14-12-10-8-6-4-2/h15,17,21,23,53,55,61,63,69,71,75-77,79-82,84-85,87-89H,3-14,16,18-20,22,24-52,54,56-60,62,64-68,70,72-74H2,1-2H3,(H,83,86)/b17-15-,23-21-,55-53+,63-61+,71-69+. The summed E-state index contributed by atoms with van der Waals surface area (Å²) >= 11 is 0. The molecule has 0 aromatic heterocycles. The van der Waals surface area contributed by atoms with Crippen LogP contribution < -0.4 is 5.32 Å². The molecule has 0 aromatic rings. The summed E-state index contributed by atoms with van der Waals surface area (Å²) in [6.45, 7) is 3.80. The average Bonchev–Trinajstić information content (AvgIpc) is 1.70. The van der Waals surface area contributed by atoms with Gasteiger partial charge >= 0.3 is 0 Å². The Morgan fingerprint density at radius 2 is 0.659 bits per heavy atom. The van der Waals surface area contributed by atoms with Gasteiger partial charge in [0.2, 0.25) is 5.91 Å². The van der Waals surface area contributed by atoms with E-state index in [4.69, 9.17) is 9.47 Å². The summed E-state index contributed by atoms with van der Waals surface area (Å²) in [5, 5.41) is 54.9. The van der Waals surface area contributed by atoms with Gasteiger partial charge in [0, 0.05) is 6.42 Å². The second-order valence-corrected chi connectivity index (χ2v) is 27.8. The van der Waals surface area contributed by atoms with Crippen molar-refractivity contribution in [2.45, 2.75) is 442 Å². The fourth-order valence-corrected chi connectivity index (χ4v) is 12.8. The first-order chi connectivity index (χ1) is 44.8. The smallest absolute Gasteiger partial charge is 0.220 e. The van der Waals surface area contributed by atoms with Crippen LogP contribution in [0.4, 0.5) is 0 Å². The topological polar surface area (TPSA) is 149 Å². The number of hydrogen-bond acceptors (Lipinski definition) is 8. The number of allylic oxidation sites excluding steroid dienone is 9. The fourth-order valence-electron chi connectivity index (χ4n) is 12.8. The minimum atomic E-state index is -1.58. The zero-order chi connectivity index (χ0) is 65.7. The third kappa shape index (κ3) is 58.9. The number of unbranched alkanes of at least 4 members (excludes halogenated alkanes) is 53. The molecular weight excluding hydrogens is 1130 g/mol. The van der Waals surface area contributed by atoms with Gasteiger partial charge in [0.15, 0.2) is 6.29 Å². The molecule has 1 rings (SSSR count). The number of rotatable bonds is 71. The second-order valence-electron chi connectivity index (χ2n) is 27.8. The molecule has 6 N–H and O–H groups in total. The van der Waals surface area contributed by atoms with Crippen molar-refractivity contribution < 1.29 is 39.8 Å². The Morgan fingerprint density at radius 1 is 0.374 bits per heavy atom. The van der Waals surface area contributed by atoms with Gasteiger partial charge in [-0.25, -0.2) is 0 Å². The highest BCUT2D eigenvalue weighted by Gasteiger charge is 2.44. The molecule has 1 amide bonds. The molecule has 1 aliphatic heterocycles. The van der Waals surface area contributed by atoms with Crippen molar-refractivity contribution in [1.29, 1.82) is 0 Å². The lowest BCUT2D eigenvalue weighted by Gasteiger charge is -2.40. The van der Waals surface area contributed by atoms with E-state index in [9.17, 15) is 30.3 Å². The second kappa shape index (κ2) is 70.7. The summed E-state index contributed by atoms with van der Waals surface area (Å²) in [5.41, 5.74) is 0. The van der Waals surface area contributed by atoms with Gasteiger partial charge in [-0.2, -0.15) is 0 Å². The number of aliphatic hydroxyl groups excluding tert-OH is 5. The first-order valence-corrected chi connectivity index (χ1v) is 40.0. The van der Waals surface area contributed by atoms with Crippen molar-refractivity contribution in [3.63, 3.8) is 0 Å². The summed E-state index contributed by atoms with van der Waals surface area (Å²) < 4.78 is 11.3. The highest BCUT2D eigenvalue weighted by Crippen LogP contribution is 2.24. The van der Waals surface area contributed by atoms with Crippen molar-refractivity contribution in [1.82, 2.24) is 5.32 Å². The van der Waals surface area contributed by atoms with Crippen LogP contribution in [0.2, 0.25) is 0 Å². The Morgan fingerprint density at radius 3 is 0.989 bits per heavy atom. The van der Waals surface area contributed by atoms with Gasteiger partial charge in [-0.3, -0.25) is 4.79 Å². The molecule has 0 bridgehead atoms. The molecule has 7 atom stereocenters. The Labute approximate surface area is 564 Å². The van der Waals surface area contributed by atoms with E-state index in [1.165, 1.54) is 327 Å². The minimum Gasteiger partial charge on any atom is -0.394 e. The first kappa shape index (κ1) is 86.9. The molecule has 1 fully saturated rings. The lowest BCUT2D eigenvalue weighted by atomic mass is 9.99. The molecule has 1 aliphatic rings. The van der Waals surface area contributed by atoms with Gasteiger partial charge in [-0.1, -0.05) is 376 Å². The van der Waals surface area contributed by atoms with E-state index in [2.05, 4.69) is 67.8 Å². The molecule has 1 heterocycles. The first-order valence-electron chi connectivity index (χ1n) is 40.0. The van der Waals surface area contributed by atoms with E-state index in [-0.39, 0.29) is 12.5 Å². The number of amides is 1. The molecule has 0 aliphatic carbocycles. The van der Waals surface area contributed by atoms with Crippen molar-refractivity contribution in [2.24, 2.45) is 0 Å². The summed E-state index contributed by atoms with van der Waals surface area (Å²) in [7, 11) is 0. The molecule has 0 spiro atoms. The van der Waals surface area contributed by atoms with E-state index in [1.54, 1.807) is 6.08 Å². The third-order valence-corrected chi connectivity index (χ3v) is 19.0. The van der Waals surface area contributed by atoms with Gasteiger partial charge in [0.25, 0.3) is 0 Å². The maximum Gasteiger partial charge on any atom is 0.220 e. The van der Waals surface area contributed by atoms with Crippen LogP contribution in [-0.4, -0.2) is 87.5 Å². The molecular formula is C82H153NO8. The molecule has 7 unspecified atom stereocenters. The number of ether oxygens (including phenoxy) is 2. The Balaban J connectivity index is 2.09. The van der Waals surface area contributed by atoms with Crippen molar-refractivity contribution in [3.8, 4) is 0 Å². The van der Waals surface area contributed by atoms with Crippen LogP contribution in [0.25, 0.3) is 0 Å². The zero-order valence-electron chi connectivity index (χ0n) is 60.1. The van der Waals surface area contributed by atoms with Crippen LogP contribution in [0.5, 0.6) is 0 Å². The van der Waals surface area contributed by atoms with Gasteiger partial charge in [-0.15, -0.1) is 0 Å². The van der Waals surface area contributed by atoms with Gasteiger partial charge in [0.05, 0.1) is 25.4 Å². The molecule has 9 nitrogen and oxygen atoms in total. The molecule has 0 saturated carbocycles. The molecule has 534 valence electrons. The van der Waals surface area contributed by atoms with Crippen LogP contribution in [0.1, 0.15) is 399 Å². The van der Waals surface area contributed by atoms with E-state index < -0.39 is 49.5 Å². The summed E-state index contributed by atoms with van der Waals surface area (Å²) in [6.07, 6.45) is 92.4. The maximum absolute atomic E-state index is 13.2.